The van der Waals surface area contributed by atoms with Gasteiger partial charge in [0, 0.05) is 12.5 Å². The lowest BCUT2D eigenvalue weighted by Crippen LogP contribution is -2.63. The number of nitrogens with zero attached hydrogens (tertiary/aromatic N) is 1. The first-order valence-electron chi connectivity index (χ1n) is 8.08. The van der Waals surface area contributed by atoms with Gasteiger partial charge >= 0.3 is 6.09 Å². The van der Waals surface area contributed by atoms with Crippen molar-refractivity contribution in [2.24, 2.45) is 5.73 Å². The highest BCUT2D eigenvalue weighted by Gasteiger charge is 2.44. The maximum atomic E-state index is 12.6. The van der Waals surface area contributed by atoms with Crippen molar-refractivity contribution in [2.45, 2.75) is 64.1 Å². The molecule has 4 nitrogen and oxygen atoms in total. The Labute approximate surface area is 133 Å². The molecule has 1 unspecified atom stereocenters. The van der Waals surface area contributed by atoms with E-state index in [1.165, 1.54) is 0 Å². The molecular formula is C18H28N2O2. The number of hydrogen-bond acceptors (Lipinski definition) is 3. The highest BCUT2D eigenvalue weighted by molar-refractivity contribution is 5.69. The van der Waals surface area contributed by atoms with Crippen molar-refractivity contribution in [1.82, 2.24) is 4.90 Å². The molecule has 1 heterocycles. The van der Waals surface area contributed by atoms with Crippen LogP contribution in [0, 0.1) is 0 Å². The van der Waals surface area contributed by atoms with Crippen molar-refractivity contribution < 1.29 is 9.53 Å². The Morgan fingerprint density at radius 3 is 2.50 bits per heavy atom. The Kier molecular flexibility index (Phi) is 4.81. The average molecular weight is 304 g/mol. The molecule has 22 heavy (non-hydrogen) atoms. The van der Waals surface area contributed by atoms with Crippen molar-refractivity contribution in [2.75, 3.05) is 6.54 Å². The number of carbonyl (C=O) groups excluding carboxylic acids is 1. The van der Waals surface area contributed by atoms with E-state index in [-0.39, 0.29) is 12.0 Å². The number of rotatable bonds is 2. The molecule has 1 aromatic carbocycles. The number of ether oxygens (including phenoxy) is 1. The van der Waals surface area contributed by atoms with Crippen LogP contribution in [-0.4, -0.2) is 28.8 Å². The highest BCUT2D eigenvalue weighted by Crippen LogP contribution is 2.37. The van der Waals surface area contributed by atoms with Gasteiger partial charge in [-0.15, -0.1) is 0 Å². The van der Waals surface area contributed by atoms with Crippen LogP contribution in [0.15, 0.2) is 30.3 Å². The van der Waals surface area contributed by atoms with Gasteiger partial charge in [0.25, 0.3) is 0 Å². The second kappa shape index (κ2) is 6.29. The van der Waals surface area contributed by atoms with E-state index >= 15 is 0 Å². The Balaban J connectivity index is 2.26. The zero-order chi connectivity index (χ0) is 16.4. The lowest BCUT2D eigenvalue weighted by atomic mass is 9.81. The van der Waals surface area contributed by atoms with Gasteiger partial charge in [0.2, 0.25) is 0 Å². The molecule has 0 aliphatic carbocycles. The van der Waals surface area contributed by atoms with Crippen molar-refractivity contribution >= 4 is 6.09 Å². The maximum Gasteiger partial charge on any atom is 0.411 e. The molecule has 1 aliphatic rings. The molecule has 1 aromatic rings. The average Bonchev–Trinajstić information content (AvgIpc) is 2.46. The van der Waals surface area contributed by atoms with Gasteiger partial charge in [-0.1, -0.05) is 37.3 Å². The first kappa shape index (κ1) is 16.8. The van der Waals surface area contributed by atoms with Crippen molar-refractivity contribution in [1.29, 1.82) is 0 Å². The molecule has 0 spiro atoms. The number of amides is 1. The van der Waals surface area contributed by atoms with E-state index in [0.29, 0.717) is 6.54 Å². The molecule has 4 heteroatoms. The SMILES string of the molecule is C[C@H](c1ccccc1)C1(N)CCCCN1C(=O)OC(C)(C)C. The van der Waals surface area contributed by atoms with Gasteiger partial charge < -0.3 is 10.5 Å². The lowest BCUT2D eigenvalue weighted by Gasteiger charge is -2.48. The molecule has 1 fully saturated rings. The predicted molar refractivity (Wildman–Crippen MR) is 88.6 cm³/mol. The molecule has 2 rings (SSSR count). The van der Waals surface area contributed by atoms with Crippen LogP contribution in [0.3, 0.4) is 0 Å². The minimum atomic E-state index is -0.693. The summed E-state index contributed by atoms with van der Waals surface area (Å²) in [7, 11) is 0. The quantitative estimate of drug-likeness (QED) is 0.902. The van der Waals surface area contributed by atoms with E-state index in [2.05, 4.69) is 19.1 Å². The number of nitrogens with two attached hydrogens (primary N) is 1. The second-order valence-electron chi connectivity index (χ2n) is 7.21. The van der Waals surface area contributed by atoms with Crippen LogP contribution < -0.4 is 5.73 Å². The van der Waals surface area contributed by atoms with Gasteiger partial charge in [0.15, 0.2) is 0 Å². The summed E-state index contributed by atoms with van der Waals surface area (Å²) in [5.74, 6) is 0.0570. The van der Waals surface area contributed by atoms with Crippen LogP contribution in [0.5, 0.6) is 0 Å². The number of piperidine rings is 1. The lowest BCUT2D eigenvalue weighted by molar-refractivity contribution is -0.0212. The normalized spacial score (nSPS) is 24.0. The van der Waals surface area contributed by atoms with Crippen LogP contribution in [0.2, 0.25) is 0 Å². The Bertz CT molecular complexity index is 510. The van der Waals surface area contributed by atoms with E-state index in [9.17, 15) is 4.79 Å². The molecule has 2 N–H and O–H groups in total. The molecule has 0 aromatic heterocycles. The summed E-state index contributed by atoms with van der Waals surface area (Å²) in [5.41, 5.74) is 6.68. The van der Waals surface area contributed by atoms with Crippen molar-refractivity contribution in [3.05, 3.63) is 35.9 Å². The summed E-state index contributed by atoms with van der Waals surface area (Å²) in [5, 5.41) is 0. The third-order valence-electron chi connectivity index (χ3n) is 4.37. The molecule has 1 aliphatic heterocycles. The summed E-state index contributed by atoms with van der Waals surface area (Å²) in [4.78, 5) is 14.3. The second-order valence-corrected chi connectivity index (χ2v) is 7.21. The minimum absolute atomic E-state index is 0.0570. The summed E-state index contributed by atoms with van der Waals surface area (Å²) < 4.78 is 5.57. The van der Waals surface area contributed by atoms with Crippen LogP contribution in [0.1, 0.15) is 58.4 Å². The van der Waals surface area contributed by atoms with Crippen LogP contribution >= 0.6 is 0 Å². The number of carbonyl (C=O) groups is 1. The third kappa shape index (κ3) is 3.61. The van der Waals surface area contributed by atoms with E-state index in [4.69, 9.17) is 10.5 Å². The monoisotopic (exact) mass is 304 g/mol. The Morgan fingerprint density at radius 2 is 1.91 bits per heavy atom. The largest absolute Gasteiger partial charge is 0.444 e. The fraction of sp³-hybridized carbons (Fsp3) is 0.611. The van der Waals surface area contributed by atoms with Crippen molar-refractivity contribution in [3.8, 4) is 0 Å². The Morgan fingerprint density at radius 1 is 1.27 bits per heavy atom. The minimum Gasteiger partial charge on any atom is -0.444 e. The van der Waals surface area contributed by atoms with Gasteiger partial charge in [-0.2, -0.15) is 0 Å². The van der Waals surface area contributed by atoms with Crippen LogP contribution in [0.25, 0.3) is 0 Å². The van der Waals surface area contributed by atoms with Gasteiger partial charge in [-0.05, 0) is 45.6 Å². The first-order chi connectivity index (χ1) is 10.2. The predicted octanol–water partition coefficient (Wildman–Crippen LogP) is 3.87. The molecule has 0 bridgehead atoms. The molecule has 1 amide bonds. The van der Waals surface area contributed by atoms with Gasteiger partial charge in [0.05, 0.1) is 0 Å². The maximum absolute atomic E-state index is 12.6. The fourth-order valence-electron chi connectivity index (χ4n) is 3.08. The molecule has 2 atom stereocenters. The zero-order valence-electron chi connectivity index (χ0n) is 14.1. The molecular weight excluding hydrogens is 276 g/mol. The summed E-state index contributed by atoms with van der Waals surface area (Å²) >= 11 is 0. The molecule has 0 saturated carbocycles. The van der Waals surface area contributed by atoms with Gasteiger partial charge in [-0.3, -0.25) is 4.90 Å². The Hall–Kier alpha value is -1.55. The molecule has 122 valence electrons. The van der Waals surface area contributed by atoms with E-state index in [1.54, 1.807) is 4.90 Å². The van der Waals surface area contributed by atoms with E-state index in [1.807, 2.05) is 39.0 Å². The smallest absolute Gasteiger partial charge is 0.411 e. The third-order valence-corrected chi connectivity index (χ3v) is 4.37. The standard InChI is InChI=1S/C18H28N2O2/c1-14(15-10-6-5-7-11-15)18(19)12-8-9-13-20(18)16(21)22-17(2,3)4/h5-7,10-11,14H,8-9,12-13,19H2,1-4H3/t14-,18?/m1/s1. The molecule has 0 radical (unpaired) electrons. The fourth-order valence-corrected chi connectivity index (χ4v) is 3.08. The molecule has 1 saturated heterocycles. The van der Waals surface area contributed by atoms with Gasteiger partial charge in [-0.25, -0.2) is 4.79 Å². The zero-order valence-corrected chi connectivity index (χ0v) is 14.1. The number of benzene rings is 1. The van der Waals surface area contributed by atoms with E-state index < -0.39 is 11.3 Å². The summed E-state index contributed by atoms with van der Waals surface area (Å²) in [6, 6.07) is 10.2. The topological polar surface area (TPSA) is 55.6 Å². The number of likely N-dealkylation sites (tertiary alicyclic amines) is 1. The summed E-state index contributed by atoms with van der Waals surface area (Å²) in [6.07, 6.45) is 2.49. The van der Waals surface area contributed by atoms with Crippen LogP contribution in [-0.2, 0) is 4.74 Å². The van der Waals surface area contributed by atoms with Crippen molar-refractivity contribution in [3.63, 3.8) is 0 Å². The van der Waals surface area contributed by atoms with Crippen LogP contribution in [0.4, 0.5) is 4.79 Å². The highest BCUT2D eigenvalue weighted by atomic mass is 16.6. The van der Waals surface area contributed by atoms with Gasteiger partial charge in [0.1, 0.15) is 11.3 Å². The van der Waals surface area contributed by atoms with E-state index in [0.717, 1.165) is 24.8 Å². The summed E-state index contributed by atoms with van der Waals surface area (Å²) in [6.45, 7) is 8.40. The first-order valence-corrected chi connectivity index (χ1v) is 8.08. The number of hydrogen-bond donors (Lipinski definition) is 1.